The number of aryl methyl sites for hydroxylation is 2. The lowest BCUT2D eigenvalue weighted by molar-refractivity contribution is -0.118. The van der Waals surface area contributed by atoms with Crippen molar-refractivity contribution in [2.24, 2.45) is 5.10 Å². The van der Waals surface area contributed by atoms with Gasteiger partial charge in [0.15, 0.2) is 11.7 Å². The molecule has 5 aromatic rings. The fourth-order valence-electron chi connectivity index (χ4n) is 4.06. The molecule has 1 heterocycles. The number of ether oxygens (including phenoxy) is 1. The SMILES string of the molecule is Cc1ccc(Nc2nc(-c3ccc(C(=O)N/N=C/c4cc(Cl)ccc4OCC(=O)Nc4cccc(C)c4)cc3)cs2)cc1. The van der Waals surface area contributed by atoms with E-state index in [1.54, 1.807) is 30.3 Å². The number of aromatic nitrogens is 1. The van der Waals surface area contributed by atoms with Crippen molar-refractivity contribution in [1.29, 1.82) is 0 Å². The summed E-state index contributed by atoms with van der Waals surface area (Å²) in [5.74, 6) is -0.299. The van der Waals surface area contributed by atoms with Crippen LogP contribution in [-0.4, -0.2) is 29.6 Å². The Balaban J connectivity index is 1.16. The smallest absolute Gasteiger partial charge is 0.271 e. The first-order valence-corrected chi connectivity index (χ1v) is 14.6. The Kier molecular flexibility index (Phi) is 9.46. The van der Waals surface area contributed by atoms with Gasteiger partial charge in [0.1, 0.15) is 5.75 Å². The van der Waals surface area contributed by atoms with Crippen LogP contribution in [0.3, 0.4) is 0 Å². The van der Waals surface area contributed by atoms with Crippen LogP contribution in [0.2, 0.25) is 5.02 Å². The van der Waals surface area contributed by atoms with Crippen molar-refractivity contribution in [2.45, 2.75) is 13.8 Å². The maximum atomic E-state index is 12.7. The molecule has 3 N–H and O–H groups in total. The molecule has 10 heteroatoms. The first-order chi connectivity index (χ1) is 20.8. The molecule has 0 bridgehead atoms. The summed E-state index contributed by atoms with van der Waals surface area (Å²) in [6.45, 7) is 3.78. The van der Waals surface area contributed by atoms with Crippen LogP contribution in [-0.2, 0) is 4.79 Å². The average Bonchev–Trinajstić information content (AvgIpc) is 3.46. The molecule has 43 heavy (non-hydrogen) atoms. The lowest BCUT2D eigenvalue weighted by Crippen LogP contribution is -2.20. The summed E-state index contributed by atoms with van der Waals surface area (Å²) in [5, 5.41) is 13.4. The van der Waals surface area contributed by atoms with E-state index < -0.39 is 0 Å². The third-order valence-corrected chi connectivity index (χ3v) is 7.24. The maximum absolute atomic E-state index is 12.7. The summed E-state index contributed by atoms with van der Waals surface area (Å²) in [6.07, 6.45) is 1.42. The van der Waals surface area contributed by atoms with Gasteiger partial charge in [0.2, 0.25) is 0 Å². The largest absolute Gasteiger partial charge is 0.483 e. The predicted molar refractivity (Wildman–Crippen MR) is 174 cm³/mol. The first kappa shape index (κ1) is 29.5. The Bertz CT molecular complexity index is 1770. The molecule has 0 unspecified atom stereocenters. The van der Waals surface area contributed by atoms with Crippen molar-refractivity contribution < 1.29 is 14.3 Å². The number of rotatable bonds is 10. The van der Waals surface area contributed by atoms with Crippen LogP contribution >= 0.6 is 22.9 Å². The van der Waals surface area contributed by atoms with Crippen LogP contribution in [0.4, 0.5) is 16.5 Å². The van der Waals surface area contributed by atoms with Crippen LogP contribution in [0.15, 0.2) is 101 Å². The Hall–Kier alpha value is -4.99. The fraction of sp³-hybridized carbons (Fsp3) is 0.0909. The monoisotopic (exact) mass is 609 g/mol. The average molecular weight is 610 g/mol. The second-order valence-corrected chi connectivity index (χ2v) is 11.0. The first-order valence-electron chi connectivity index (χ1n) is 13.3. The van der Waals surface area contributed by atoms with Gasteiger partial charge >= 0.3 is 0 Å². The molecule has 4 aromatic carbocycles. The van der Waals surface area contributed by atoms with Crippen LogP contribution in [0, 0.1) is 13.8 Å². The Morgan fingerprint density at radius 2 is 1.72 bits per heavy atom. The number of hydrazone groups is 1. The Labute approximate surface area is 258 Å². The van der Waals surface area contributed by atoms with E-state index in [1.165, 1.54) is 23.1 Å². The number of anilines is 3. The summed E-state index contributed by atoms with van der Waals surface area (Å²) in [5.41, 5.74) is 9.05. The minimum absolute atomic E-state index is 0.211. The van der Waals surface area contributed by atoms with E-state index >= 15 is 0 Å². The topological polar surface area (TPSA) is 105 Å². The molecule has 8 nitrogen and oxygen atoms in total. The molecule has 216 valence electrons. The van der Waals surface area contributed by atoms with Gasteiger partial charge in [-0.15, -0.1) is 11.3 Å². The highest BCUT2D eigenvalue weighted by Gasteiger charge is 2.10. The van der Waals surface area contributed by atoms with E-state index in [-0.39, 0.29) is 18.4 Å². The molecule has 0 aliphatic heterocycles. The molecule has 0 saturated carbocycles. The molecule has 2 amide bonds. The normalized spacial score (nSPS) is 10.9. The predicted octanol–water partition coefficient (Wildman–Crippen LogP) is 7.61. The number of hydrogen-bond donors (Lipinski definition) is 3. The number of hydrogen-bond acceptors (Lipinski definition) is 7. The quantitative estimate of drug-likeness (QED) is 0.112. The van der Waals surface area contributed by atoms with E-state index in [9.17, 15) is 9.59 Å². The summed E-state index contributed by atoms with van der Waals surface area (Å²) >= 11 is 7.67. The number of amides is 2. The second-order valence-electron chi connectivity index (χ2n) is 9.69. The summed E-state index contributed by atoms with van der Waals surface area (Å²) < 4.78 is 5.71. The van der Waals surface area contributed by atoms with Gasteiger partial charge < -0.3 is 15.4 Å². The van der Waals surface area contributed by atoms with E-state index in [2.05, 4.69) is 26.1 Å². The minimum Gasteiger partial charge on any atom is -0.483 e. The Morgan fingerprint density at radius 3 is 2.49 bits per heavy atom. The molecular weight excluding hydrogens is 582 g/mol. The maximum Gasteiger partial charge on any atom is 0.271 e. The van der Waals surface area contributed by atoms with Crippen molar-refractivity contribution in [2.75, 3.05) is 17.2 Å². The zero-order valence-corrected chi connectivity index (χ0v) is 25.0. The van der Waals surface area contributed by atoms with E-state index in [0.717, 1.165) is 27.6 Å². The Morgan fingerprint density at radius 1 is 0.930 bits per heavy atom. The number of carbonyl (C=O) groups is 2. The van der Waals surface area contributed by atoms with Crippen molar-refractivity contribution >= 4 is 57.5 Å². The zero-order valence-electron chi connectivity index (χ0n) is 23.4. The highest BCUT2D eigenvalue weighted by molar-refractivity contribution is 7.14. The van der Waals surface area contributed by atoms with Gasteiger partial charge in [-0.05, 0) is 74.0 Å². The lowest BCUT2D eigenvalue weighted by atomic mass is 10.1. The van der Waals surface area contributed by atoms with E-state index in [4.69, 9.17) is 16.3 Å². The fourth-order valence-corrected chi connectivity index (χ4v) is 4.98. The van der Waals surface area contributed by atoms with Gasteiger partial charge in [-0.3, -0.25) is 9.59 Å². The highest BCUT2D eigenvalue weighted by Crippen LogP contribution is 2.27. The van der Waals surface area contributed by atoms with Gasteiger partial charge in [0.05, 0.1) is 11.9 Å². The summed E-state index contributed by atoms with van der Waals surface area (Å²) in [4.78, 5) is 29.8. The molecule has 0 radical (unpaired) electrons. The molecule has 0 saturated heterocycles. The number of nitrogens with zero attached hydrogens (tertiary/aromatic N) is 2. The number of thiazole rings is 1. The number of carbonyl (C=O) groups excluding carboxylic acids is 2. The number of nitrogens with one attached hydrogen (secondary N) is 3. The van der Waals surface area contributed by atoms with Crippen LogP contribution in [0.1, 0.15) is 27.0 Å². The molecule has 0 aliphatic carbocycles. The second kappa shape index (κ2) is 13.8. The molecule has 0 aliphatic rings. The molecule has 1 aromatic heterocycles. The molecular formula is C33H28ClN5O3S. The summed E-state index contributed by atoms with van der Waals surface area (Å²) in [7, 11) is 0. The highest BCUT2D eigenvalue weighted by atomic mass is 35.5. The van der Waals surface area contributed by atoms with Gasteiger partial charge in [-0.1, -0.05) is 53.6 Å². The van der Waals surface area contributed by atoms with Gasteiger partial charge in [0, 0.05) is 38.5 Å². The van der Waals surface area contributed by atoms with Crippen molar-refractivity contribution in [3.8, 4) is 17.0 Å². The van der Waals surface area contributed by atoms with Crippen LogP contribution in [0.25, 0.3) is 11.3 Å². The van der Waals surface area contributed by atoms with E-state index in [0.29, 0.717) is 27.6 Å². The van der Waals surface area contributed by atoms with Gasteiger partial charge in [-0.2, -0.15) is 5.10 Å². The number of benzene rings is 4. The summed E-state index contributed by atoms with van der Waals surface area (Å²) in [6, 6.07) is 27.6. The number of halogens is 1. The van der Waals surface area contributed by atoms with E-state index in [1.807, 2.05) is 79.9 Å². The minimum atomic E-state index is -0.384. The molecule has 5 rings (SSSR count). The molecule has 0 fully saturated rings. The molecule has 0 atom stereocenters. The van der Waals surface area contributed by atoms with Crippen LogP contribution in [0.5, 0.6) is 5.75 Å². The zero-order chi connectivity index (χ0) is 30.2. The van der Waals surface area contributed by atoms with Crippen LogP contribution < -0.4 is 20.8 Å². The van der Waals surface area contributed by atoms with Crippen molar-refractivity contribution in [3.05, 3.63) is 124 Å². The third kappa shape index (κ3) is 8.28. The van der Waals surface area contributed by atoms with Crippen molar-refractivity contribution in [1.82, 2.24) is 10.4 Å². The van der Waals surface area contributed by atoms with Crippen molar-refractivity contribution in [3.63, 3.8) is 0 Å². The van der Waals surface area contributed by atoms with Gasteiger partial charge in [-0.25, -0.2) is 10.4 Å². The standard InChI is InChI=1S/C33H28ClN5O3S/c1-21-6-13-27(14-7-21)37-33-38-29(20-43-33)23-8-10-24(11-9-23)32(41)39-35-18-25-17-26(34)12-15-30(25)42-19-31(40)36-28-5-3-4-22(2)16-28/h3-18,20H,19H2,1-2H3,(H,36,40)(H,37,38)(H,39,41)/b35-18+. The van der Waals surface area contributed by atoms with Gasteiger partial charge in [0.25, 0.3) is 11.8 Å². The third-order valence-electron chi connectivity index (χ3n) is 6.25. The lowest BCUT2D eigenvalue weighted by Gasteiger charge is -2.10. The molecule has 0 spiro atoms.